The number of halogens is 1. The topological polar surface area (TPSA) is 62.4 Å². The van der Waals surface area contributed by atoms with Gasteiger partial charge in [0.1, 0.15) is 0 Å². The quantitative estimate of drug-likeness (QED) is 0.919. The van der Waals surface area contributed by atoms with Gasteiger partial charge in [0, 0.05) is 29.6 Å². The van der Waals surface area contributed by atoms with Crippen molar-refractivity contribution in [2.75, 3.05) is 19.7 Å². The second-order valence-corrected chi connectivity index (χ2v) is 5.72. The van der Waals surface area contributed by atoms with Crippen LogP contribution in [0.15, 0.2) is 28.8 Å². The smallest absolute Gasteiger partial charge is 0.228 e. The zero-order chi connectivity index (χ0) is 14.7. The minimum absolute atomic E-state index is 0.222. The Hall–Kier alpha value is -1.43. The second-order valence-electron chi connectivity index (χ2n) is 5.28. The van der Waals surface area contributed by atoms with E-state index in [1.165, 1.54) is 0 Å². The van der Waals surface area contributed by atoms with Crippen molar-refractivity contribution in [1.82, 2.24) is 15.0 Å². The summed E-state index contributed by atoms with van der Waals surface area (Å²) in [7, 11) is 0. The molecule has 2 heterocycles. The van der Waals surface area contributed by atoms with Gasteiger partial charge < -0.3 is 9.63 Å². The van der Waals surface area contributed by atoms with Crippen LogP contribution in [0.2, 0.25) is 5.02 Å². The van der Waals surface area contributed by atoms with Crippen LogP contribution in [0.5, 0.6) is 0 Å². The molecule has 1 saturated heterocycles. The first-order chi connectivity index (χ1) is 10.3. The molecule has 21 heavy (non-hydrogen) atoms. The zero-order valence-corrected chi connectivity index (χ0v) is 12.5. The summed E-state index contributed by atoms with van der Waals surface area (Å²) >= 11 is 5.86. The number of aromatic nitrogens is 2. The van der Waals surface area contributed by atoms with E-state index in [1.807, 2.05) is 24.3 Å². The van der Waals surface area contributed by atoms with E-state index in [4.69, 9.17) is 16.1 Å². The first-order valence-electron chi connectivity index (χ1n) is 7.19. The SMILES string of the molecule is OCC1CCCN1CCc1nc(-c2ccc(Cl)cc2)no1. The van der Waals surface area contributed by atoms with Gasteiger partial charge in [-0.1, -0.05) is 16.8 Å². The monoisotopic (exact) mass is 307 g/mol. The molecule has 0 radical (unpaired) electrons. The molecule has 1 fully saturated rings. The maximum absolute atomic E-state index is 9.30. The number of aliphatic hydroxyl groups is 1. The fourth-order valence-corrected chi connectivity index (χ4v) is 2.83. The Kier molecular flexibility index (Phi) is 4.53. The number of benzene rings is 1. The number of nitrogens with zero attached hydrogens (tertiary/aromatic N) is 3. The van der Waals surface area contributed by atoms with Crippen molar-refractivity contribution < 1.29 is 9.63 Å². The van der Waals surface area contributed by atoms with E-state index < -0.39 is 0 Å². The van der Waals surface area contributed by atoms with Crippen LogP contribution in [0.25, 0.3) is 11.4 Å². The maximum atomic E-state index is 9.30. The zero-order valence-electron chi connectivity index (χ0n) is 11.7. The summed E-state index contributed by atoms with van der Waals surface area (Å²) in [4.78, 5) is 6.70. The summed E-state index contributed by atoms with van der Waals surface area (Å²) in [6, 6.07) is 7.65. The molecule has 112 valence electrons. The van der Waals surface area contributed by atoms with Crippen molar-refractivity contribution in [3.05, 3.63) is 35.2 Å². The molecule has 3 rings (SSSR count). The van der Waals surface area contributed by atoms with E-state index in [9.17, 15) is 5.11 Å². The molecular formula is C15H18ClN3O2. The summed E-state index contributed by atoms with van der Waals surface area (Å²) < 4.78 is 5.29. The predicted octanol–water partition coefficient (Wildman–Crippen LogP) is 2.39. The average Bonchev–Trinajstić information content (AvgIpc) is 3.14. The van der Waals surface area contributed by atoms with E-state index in [2.05, 4.69) is 15.0 Å². The van der Waals surface area contributed by atoms with Crippen molar-refractivity contribution in [2.45, 2.75) is 25.3 Å². The Bertz CT molecular complexity index is 585. The third-order valence-electron chi connectivity index (χ3n) is 3.89. The molecule has 1 aliphatic rings. The molecule has 0 amide bonds. The third-order valence-corrected chi connectivity index (χ3v) is 4.15. The van der Waals surface area contributed by atoms with E-state index in [1.54, 1.807) is 0 Å². The number of aliphatic hydroxyl groups excluding tert-OH is 1. The van der Waals surface area contributed by atoms with Gasteiger partial charge in [-0.2, -0.15) is 4.98 Å². The summed E-state index contributed by atoms with van der Waals surface area (Å²) in [5.74, 6) is 1.21. The van der Waals surface area contributed by atoms with Crippen LogP contribution in [-0.2, 0) is 6.42 Å². The molecule has 0 saturated carbocycles. The van der Waals surface area contributed by atoms with Crippen LogP contribution in [0.3, 0.4) is 0 Å². The van der Waals surface area contributed by atoms with Crippen molar-refractivity contribution in [3.63, 3.8) is 0 Å². The predicted molar refractivity (Wildman–Crippen MR) is 80.1 cm³/mol. The fourth-order valence-electron chi connectivity index (χ4n) is 2.71. The highest BCUT2D eigenvalue weighted by Crippen LogP contribution is 2.20. The highest BCUT2D eigenvalue weighted by molar-refractivity contribution is 6.30. The lowest BCUT2D eigenvalue weighted by atomic mass is 10.2. The largest absolute Gasteiger partial charge is 0.395 e. The first-order valence-corrected chi connectivity index (χ1v) is 7.57. The normalized spacial score (nSPS) is 19.2. The van der Waals surface area contributed by atoms with E-state index in [0.717, 1.165) is 31.5 Å². The third kappa shape index (κ3) is 3.43. The van der Waals surface area contributed by atoms with Crippen LogP contribution in [0.1, 0.15) is 18.7 Å². The molecule has 1 atom stereocenters. The standard InChI is InChI=1S/C15H18ClN3O2/c16-12-5-3-11(4-6-12)15-17-14(21-18-15)7-9-19-8-1-2-13(19)10-20/h3-6,13,20H,1-2,7-10H2. The van der Waals surface area contributed by atoms with E-state index in [0.29, 0.717) is 23.2 Å². The van der Waals surface area contributed by atoms with Crippen LogP contribution < -0.4 is 0 Å². The number of hydrogen-bond acceptors (Lipinski definition) is 5. The Labute approximate surface area is 128 Å². The van der Waals surface area contributed by atoms with Crippen molar-refractivity contribution in [3.8, 4) is 11.4 Å². The molecule has 0 spiro atoms. The van der Waals surface area contributed by atoms with Gasteiger partial charge in [0.25, 0.3) is 0 Å². The average molecular weight is 308 g/mol. The number of hydrogen-bond donors (Lipinski definition) is 1. The van der Waals surface area contributed by atoms with Crippen LogP contribution in [0, 0.1) is 0 Å². The van der Waals surface area contributed by atoms with Gasteiger partial charge in [-0.05, 0) is 43.7 Å². The Morgan fingerprint density at radius 3 is 2.90 bits per heavy atom. The van der Waals surface area contributed by atoms with Crippen molar-refractivity contribution in [2.24, 2.45) is 0 Å². The lowest BCUT2D eigenvalue weighted by Crippen LogP contribution is -2.33. The Morgan fingerprint density at radius 1 is 1.33 bits per heavy atom. The molecule has 1 aromatic carbocycles. The van der Waals surface area contributed by atoms with Crippen LogP contribution >= 0.6 is 11.6 Å². The van der Waals surface area contributed by atoms with E-state index >= 15 is 0 Å². The van der Waals surface area contributed by atoms with Gasteiger partial charge in [-0.15, -0.1) is 0 Å². The molecule has 2 aromatic rings. The minimum Gasteiger partial charge on any atom is -0.395 e. The molecule has 1 aromatic heterocycles. The lowest BCUT2D eigenvalue weighted by molar-refractivity contribution is 0.157. The molecule has 1 unspecified atom stereocenters. The highest BCUT2D eigenvalue weighted by atomic mass is 35.5. The Balaban J connectivity index is 1.61. The van der Waals surface area contributed by atoms with Crippen LogP contribution in [-0.4, -0.2) is 45.9 Å². The highest BCUT2D eigenvalue weighted by Gasteiger charge is 2.23. The summed E-state index contributed by atoms with van der Waals surface area (Å²) in [6.45, 7) is 2.09. The summed E-state index contributed by atoms with van der Waals surface area (Å²) in [6.07, 6.45) is 2.92. The number of likely N-dealkylation sites (tertiary alicyclic amines) is 1. The minimum atomic E-state index is 0.222. The van der Waals surface area contributed by atoms with Gasteiger partial charge in [0.05, 0.1) is 6.61 Å². The molecule has 1 N–H and O–H groups in total. The van der Waals surface area contributed by atoms with Gasteiger partial charge >= 0.3 is 0 Å². The van der Waals surface area contributed by atoms with Crippen molar-refractivity contribution >= 4 is 11.6 Å². The summed E-state index contributed by atoms with van der Waals surface area (Å²) in [5.41, 5.74) is 0.892. The van der Waals surface area contributed by atoms with Gasteiger partial charge in [-0.3, -0.25) is 4.90 Å². The first kappa shape index (κ1) is 14.5. The van der Waals surface area contributed by atoms with E-state index in [-0.39, 0.29) is 12.6 Å². The molecule has 0 aliphatic carbocycles. The summed E-state index contributed by atoms with van der Waals surface area (Å²) in [5, 5.41) is 14.0. The van der Waals surface area contributed by atoms with Gasteiger partial charge in [0.15, 0.2) is 0 Å². The molecule has 5 nitrogen and oxygen atoms in total. The lowest BCUT2D eigenvalue weighted by Gasteiger charge is -2.21. The van der Waals surface area contributed by atoms with Gasteiger partial charge in [0.2, 0.25) is 11.7 Å². The Morgan fingerprint density at radius 2 is 2.14 bits per heavy atom. The number of rotatable bonds is 5. The second kappa shape index (κ2) is 6.56. The van der Waals surface area contributed by atoms with Crippen molar-refractivity contribution in [1.29, 1.82) is 0 Å². The molecular weight excluding hydrogens is 290 g/mol. The van der Waals surface area contributed by atoms with Crippen LogP contribution in [0.4, 0.5) is 0 Å². The fraction of sp³-hybridized carbons (Fsp3) is 0.467. The van der Waals surface area contributed by atoms with Gasteiger partial charge in [-0.25, -0.2) is 0 Å². The maximum Gasteiger partial charge on any atom is 0.228 e. The molecule has 6 heteroatoms. The molecule has 1 aliphatic heterocycles. The molecule has 0 bridgehead atoms.